The second-order valence-corrected chi connectivity index (χ2v) is 7.38. The largest absolute Gasteiger partial charge is 0.377 e. The molecule has 7 heteroatoms. The van der Waals surface area contributed by atoms with E-state index >= 15 is 0 Å². The van der Waals surface area contributed by atoms with Crippen LogP contribution in [0.2, 0.25) is 0 Å². The van der Waals surface area contributed by atoms with Gasteiger partial charge in [0.2, 0.25) is 5.78 Å². The van der Waals surface area contributed by atoms with Gasteiger partial charge in [-0.15, -0.1) is 10.2 Å². The van der Waals surface area contributed by atoms with E-state index in [0.29, 0.717) is 17.7 Å². The van der Waals surface area contributed by atoms with E-state index in [4.69, 9.17) is 4.74 Å². The summed E-state index contributed by atoms with van der Waals surface area (Å²) >= 11 is 1.66. The lowest BCUT2D eigenvalue weighted by Gasteiger charge is -2.21. The molecule has 3 heterocycles. The molecule has 1 aromatic carbocycles. The van der Waals surface area contributed by atoms with Crippen molar-refractivity contribution in [2.45, 2.75) is 50.4 Å². The molecule has 0 N–H and O–H groups in total. The minimum Gasteiger partial charge on any atom is -0.377 e. The maximum absolute atomic E-state index is 12.8. The maximum Gasteiger partial charge on any atom is 0.262 e. The molecular formula is C18H22N4O2S. The SMILES string of the molecule is CCCn1c(=O)c2ccccc2n2c(SC[C@H]3CCCCO3)nnc12. The van der Waals surface area contributed by atoms with Crippen LogP contribution in [0.4, 0.5) is 0 Å². The topological polar surface area (TPSA) is 61.4 Å². The predicted molar refractivity (Wildman–Crippen MR) is 99.4 cm³/mol. The van der Waals surface area contributed by atoms with Gasteiger partial charge in [0.15, 0.2) is 5.16 Å². The zero-order chi connectivity index (χ0) is 17.2. The van der Waals surface area contributed by atoms with Crippen molar-refractivity contribution >= 4 is 28.4 Å². The summed E-state index contributed by atoms with van der Waals surface area (Å²) in [5, 5.41) is 10.2. The first-order valence-corrected chi connectivity index (χ1v) is 9.89. The number of nitrogens with zero attached hydrogens (tertiary/aromatic N) is 4. The molecule has 0 aliphatic carbocycles. The van der Waals surface area contributed by atoms with Crippen molar-refractivity contribution in [1.82, 2.24) is 19.2 Å². The lowest BCUT2D eigenvalue weighted by molar-refractivity contribution is 0.0315. The molecule has 1 saturated heterocycles. The molecule has 1 fully saturated rings. The number of hydrogen-bond acceptors (Lipinski definition) is 5. The van der Waals surface area contributed by atoms with Crippen LogP contribution in [-0.4, -0.2) is 37.6 Å². The van der Waals surface area contributed by atoms with Crippen LogP contribution in [0.25, 0.3) is 16.7 Å². The fraction of sp³-hybridized carbons (Fsp3) is 0.500. The Bertz CT molecular complexity index is 943. The van der Waals surface area contributed by atoms with Crippen LogP contribution in [0.15, 0.2) is 34.2 Å². The Hall–Kier alpha value is -1.86. The van der Waals surface area contributed by atoms with Crippen LogP contribution >= 0.6 is 11.8 Å². The number of ether oxygens (including phenoxy) is 1. The Balaban J connectivity index is 1.79. The summed E-state index contributed by atoms with van der Waals surface area (Å²) in [6.45, 7) is 3.55. The zero-order valence-electron chi connectivity index (χ0n) is 14.4. The normalized spacial score (nSPS) is 18.2. The van der Waals surface area contributed by atoms with Gasteiger partial charge in [-0.3, -0.25) is 13.8 Å². The highest BCUT2D eigenvalue weighted by Gasteiger charge is 2.19. The molecule has 0 spiro atoms. The lowest BCUT2D eigenvalue weighted by Crippen LogP contribution is -2.23. The van der Waals surface area contributed by atoms with Crippen LogP contribution in [0.3, 0.4) is 0 Å². The summed E-state index contributed by atoms with van der Waals surface area (Å²) in [6.07, 6.45) is 4.64. The fourth-order valence-corrected chi connectivity index (χ4v) is 4.36. The van der Waals surface area contributed by atoms with Crippen LogP contribution < -0.4 is 5.56 Å². The van der Waals surface area contributed by atoms with E-state index in [-0.39, 0.29) is 11.7 Å². The molecule has 1 aliphatic rings. The van der Waals surface area contributed by atoms with E-state index in [2.05, 4.69) is 17.1 Å². The number of aryl methyl sites for hydroxylation is 1. The molecule has 25 heavy (non-hydrogen) atoms. The molecule has 3 aromatic rings. The Morgan fingerprint density at radius 2 is 2.16 bits per heavy atom. The second kappa shape index (κ2) is 7.17. The summed E-state index contributed by atoms with van der Waals surface area (Å²) in [5.74, 6) is 1.49. The second-order valence-electron chi connectivity index (χ2n) is 6.39. The van der Waals surface area contributed by atoms with E-state index in [1.54, 1.807) is 16.3 Å². The monoisotopic (exact) mass is 358 g/mol. The molecule has 1 aliphatic heterocycles. The first-order valence-electron chi connectivity index (χ1n) is 8.90. The standard InChI is InChI=1S/C18H22N4O2S/c1-2-10-21-16(23)14-8-3-4-9-15(14)22-17(21)19-20-18(22)25-12-13-7-5-6-11-24-13/h3-4,8-9,13H,2,5-7,10-12H2,1H3/t13-/m1/s1. The third kappa shape index (κ3) is 3.06. The first kappa shape index (κ1) is 16.6. The van der Waals surface area contributed by atoms with E-state index in [9.17, 15) is 4.79 Å². The predicted octanol–water partition coefficient (Wildman–Crippen LogP) is 3.12. The number of aromatic nitrogens is 4. The Morgan fingerprint density at radius 1 is 1.28 bits per heavy atom. The number of para-hydroxylation sites is 1. The lowest BCUT2D eigenvalue weighted by atomic mass is 10.1. The van der Waals surface area contributed by atoms with Crippen molar-refractivity contribution < 1.29 is 4.74 Å². The van der Waals surface area contributed by atoms with Gasteiger partial charge in [-0.05, 0) is 37.8 Å². The smallest absolute Gasteiger partial charge is 0.262 e. The summed E-state index contributed by atoms with van der Waals surface area (Å²) in [6, 6.07) is 7.69. The number of fused-ring (bicyclic) bond motifs is 3. The Morgan fingerprint density at radius 3 is 2.96 bits per heavy atom. The van der Waals surface area contributed by atoms with Crippen LogP contribution in [0.5, 0.6) is 0 Å². The Labute approximate surface area is 150 Å². The van der Waals surface area contributed by atoms with Gasteiger partial charge in [0.05, 0.1) is 17.0 Å². The molecule has 0 amide bonds. The summed E-state index contributed by atoms with van der Waals surface area (Å²) in [4.78, 5) is 12.8. The zero-order valence-corrected chi connectivity index (χ0v) is 15.2. The van der Waals surface area contributed by atoms with Crippen molar-refractivity contribution in [2.24, 2.45) is 0 Å². The average molecular weight is 358 g/mol. The third-order valence-corrected chi connectivity index (χ3v) is 5.66. The van der Waals surface area contributed by atoms with Gasteiger partial charge >= 0.3 is 0 Å². The van der Waals surface area contributed by atoms with Crippen LogP contribution in [-0.2, 0) is 11.3 Å². The third-order valence-electron chi connectivity index (χ3n) is 4.60. The molecular weight excluding hydrogens is 336 g/mol. The van der Waals surface area contributed by atoms with Gasteiger partial charge in [-0.25, -0.2) is 0 Å². The molecule has 4 rings (SSSR count). The minimum absolute atomic E-state index is 0.00418. The molecule has 1 atom stereocenters. The summed E-state index contributed by atoms with van der Waals surface area (Å²) in [5.41, 5.74) is 0.872. The van der Waals surface area contributed by atoms with E-state index in [1.807, 2.05) is 28.7 Å². The molecule has 0 bridgehead atoms. The highest BCUT2D eigenvalue weighted by molar-refractivity contribution is 7.99. The van der Waals surface area contributed by atoms with Crippen LogP contribution in [0.1, 0.15) is 32.6 Å². The van der Waals surface area contributed by atoms with Gasteiger partial charge in [-0.2, -0.15) is 0 Å². The highest BCUT2D eigenvalue weighted by atomic mass is 32.2. The van der Waals surface area contributed by atoms with E-state index in [1.165, 1.54) is 6.42 Å². The van der Waals surface area contributed by atoms with Gasteiger partial charge in [-0.1, -0.05) is 30.8 Å². The van der Waals surface area contributed by atoms with Gasteiger partial charge in [0.1, 0.15) is 0 Å². The summed E-state index contributed by atoms with van der Waals surface area (Å²) < 4.78 is 9.57. The number of hydrogen-bond donors (Lipinski definition) is 0. The number of rotatable bonds is 5. The van der Waals surface area contributed by atoms with Gasteiger partial charge < -0.3 is 4.74 Å². The van der Waals surface area contributed by atoms with Gasteiger partial charge in [0.25, 0.3) is 5.56 Å². The fourth-order valence-electron chi connectivity index (χ4n) is 3.36. The van der Waals surface area contributed by atoms with Crippen molar-refractivity contribution in [3.8, 4) is 0 Å². The van der Waals surface area contributed by atoms with Crippen molar-refractivity contribution in [3.63, 3.8) is 0 Å². The van der Waals surface area contributed by atoms with Gasteiger partial charge in [0, 0.05) is 18.9 Å². The first-order chi connectivity index (χ1) is 12.3. The highest BCUT2D eigenvalue weighted by Crippen LogP contribution is 2.25. The summed E-state index contributed by atoms with van der Waals surface area (Å²) in [7, 11) is 0. The molecule has 0 unspecified atom stereocenters. The quantitative estimate of drug-likeness (QED) is 0.656. The molecule has 0 radical (unpaired) electrons. The van der Waals surface area contributed by atoms with Crippen molar-refractivity contribution in [3.05, 3.63) is 34.6 Å². The van der Waals surface area contributed by atoms with E-state index in [0.717, 1.165) is 42.3 Å². The molecule has 2 aromatic heterocycles. The molecule has 132 valence electrons. The van der Waals surface area contributed by atoms with Crippen molar-refractivity contribution in [2.75, 3.05) is 12.4 Å². The molecule has 6 nitrogen and oxygen atoms in total. The Kier molecular flexibility index (Phi) is 4.76. The van der Waals surface area contributed by atoms with E-state index < -0.39 is 0 Å². The number of benzene rings is 1. The van der Waals surface area contributed by atoms with Crippen molar-refractivity contribution in [1.29, 1.82) is 0 Å². The van der Waals surface area contributed by atoms with Crippen LogP contribution in [0, 0.1) is 0 Å². The molecule has 0 saturated carbocycles. The number of thioether (sulfide) groups is 1. The average Bonchev–Trinajstić information content (AvgIpc) is 3.08. The minimum atomic E-state index is 0.00418. The maximum atomic E-state index is 12.8.